The second-order valence-electron chi connectivity index (χ2n) is 17.4. The van der Waals surface area contributed by atoms with Crippen molar-refractivity contribution < 1.29 is 14.2 Å². The molecule has 0 spiro atoms. The summed E-state index contributed by atoms with van der Waals surface area (Å²) in [6, 6.07) is 40.1. The van der Waals surface area contributed by atoms with Gasteiger partial charge >= 0.3 is 0 Å². The fourth-order valence-corrected chi connectivity index (χ4v) is 2.99. The summed E-state index contributed by atoms with van der Waals surface area (Å²) >= 11 is 0. The fourth-order valence-electron chi connectivity index (χ4n) is 2.99. The van der Waals surface area contributed by atoms with Gasteiger partial charge in [-0.2, -0.15) is 0 Å². The van der Waals surface area contributed by atoms with Crippen LogP contribution in [0.3, 0.4) is 0 Å². The van der Waals surface area contributed by atoms with Crippen LogP contribution in [0.15, 0.2) is 369 Å². The normalized spacial score (nSPS) is 7.02. The summed E-state index contributed by atoms with van der Waals surface area (Å²) in [5.74, 6) is 0.891. The molecule has 3 nitrogen and oxygen atoms in total. The molecule has 0 radical (unpaired) electrons. The highest BCUT2D eigenvalue weighted by Crippen LogP contribution is 2.07. The second kappa shape index (κ2) is 185. The summed E-state index contributed by atoms with van der Waals surface area (Å²) in [7, 11) is 1.64. The monoisotopic (exact) mass is 1360 g/mol. The van der Waals surface area contributed by atoms with E-state index in [-0.39, 0.29) is 7.43 Å². The maximum atomic E-state index is 5.25. The Hall–Kier alpha value is -8.60. The van der Waals surface area contributed by atoms with Crippen molar-refractivity contribution in [3.8, 4) is 5.75 Å². The van der Waals surface area contributed by atoms with Gasteiger partial charge in [-0.05, 0) is 127 Å². The molecule has 4 aromatic carbocycles. The van der Waals surface area contributed by atoms with E-state index in [0.29, 0.717) is 26.4 Å². The van der Waals surface area contributed by atoms with Crippen LogP contribution in [0, 0.1) is 0 Å². The Kier molecular flexibility index (Phi) is 251. The number of rotatable bonds is 23. The van der Waals surface area contributed by atoms with E-state index >= 15 is 0 Å². The molecule has 0 N–H and O–H groups in total. The van der Waals surface area contributed by atoms with Crippen LogP contribution in [0.5, 0.6) is 5.75 Å². The van der Waals surface area contributed by atoms with Gasteiger partial charge in [0.05, 0.1) is 19.8 Å². The number of hydrogen-bond donors (Lipinski definition) is 0. The number of hydrogen-bond acceptors (Lipinski definition) is 3. The molecular formula is C96H162O3. The van der Waals surface area contributed by atoms with Crippen molar-refractivity contribution in [2.75, 3.05) is 26.9 Å². The van der Waals surface area contributed by atoms with Crippen LogP contribution in [-0.2, 0) is 22.5 Å². The Morgan fingerprint density at radius 1 is 0.283 bits per heavy atom. The Balaban J connectivity index is -0.0000000485. The number of para-hydroxylation sites is 1. The molecule has 0 aliphatic carbocycles. The van der Waals surface area contributed by atoms with Gasteiger partial charge in [0.1, 0.15) is 12.4 Å². The molecule has 0 fully saturated rings. The zero-order valence-corrected chi connectivity index (χ0v) is 66.9. The lowest BCUT2D eigenvalue weighted by atomic mass is 10.2. The third-order valence-electron chi connectivity index (χ3n) is 8.18. The molecule has 4 aromatic rings. The summed E-state index contributed by atoms with van der Waals surface area (Å²) in [6.07, 6.45) is 47.7. The van der Waals surface area contributed by atoms with E-state index in [1.807, 2.05) is 209 Å². The maximum absolute atomic E-state index is 5.25. The van der Waals surface area contributed by atoms with Crippen LogP contribution in [0.2, 0.25) is 0 Å². The first kappa shape index (κ1) is 134. The molecular weight excluding hydrogens is 1200 g/mol. The lowest BCUT2D eigenvalue weighted by molar-refractivity contribution is 0.149. The van der Waals surface area contributed by atoms with Crippen molar-refractivity contribution in [2.24, 2.45) is 0 Å². The molecule has 0 heterocycles. The first-order valence-electron chi connectivity index (χ1n) is 34.3. The third kappa shape index (κ3) is 269. The van der Waals surface area contributed by atoms with Crippen LogP contribution in [0.25, 0.3) is 6.08 Å². The van der Waals surface area contributed by atoms with E-state index in [1.54, 1.807) is 43.6 Å². The minimum absolute atomic E-state index is 0. The molecule has 0 unspecified atom stereocenters. The fraction of sp³-hybridized carbons (Fsp3) is 0.333. The van der Waals surface area contributed by atoms with Crippen LogP contribution >= 0.6 is 0 Å². The molecule has 0 bridgehead atoms. The van der Waals surface area contributed by atoms with Gasteiger partial charge in [0.2, 0.25) is 0 Å². The van der Waals surface area contributed by atoms with Crippen molar-refractivity contribution in [3.05, 3.63) is 386 Å². The summed E-state index contributed by atoms with van der Waals surface area (Å²) in [5, 5.41) is 0. The van der Waals surface area contributed by atoms with Crippen molar-refractivity contribution in [1.82, 2.24) is 0 Å². The molecule has 0 aliphatic heterocycles. The lowest BCUT2D eigenvalue weighted by Gasteiger charge is -1.99. The van der Waals surface area contributed by atoms with Crippen molar-refractivity contribution in [1.29, 1.82) is 0 Å². The molecule has 0 aliphatic rings. The second-order valence-corrected chi connectivity index (χ2v) is 17.4. The summed E-state index contributed by atoms with van der Waals surface area (Å²) in [4.78, 5) is 0. The first-order valence-corrected chi connectivity index (χ1v) is 34.3. The zero-order chi connectivity index (χ0) is 79.3. The molecule has 564 valence electrons. The van der Waals surface area contributed by atoms with E-state index in [2.05, 4.69) is 231 Å². The topological polar surface area (TPSA) is 27.7 Å². The highest BCUT2D eigenvalue weighted by molar-refractivity contribution is 5.45. The van der Waals surface area contributed by atoms with Gasteiger partial charge in [0, 0.05) is 7.11 Å². The largest absolute Gasteiger partial charge is 0.490 e. The van der Waals surface area contributed by atoms with Gasteiger partial charge in [0.15, 0.2) is 0 Å². The minimum Gasteiger partial charge on any atom is -0.490 e. The predicted octanol–water partition coefficient (Wildman–Crippen LogP) is 32.6. The van der Waals surface area contributed by atoms with Crippen molar-refractivity contribution in [2.45, 2.75) is 188 Å². The van der Waals surface area contributed by atoms with Crippen LogP contribution < -0.4 is 4.74 Å². The van der Waals surface area contributed by atoms with Crippen LogP contribution in [0.1, 0.15) is 192 Å². The van der Waals surface area contributed by atoms with E-state index in [4.69, 9.17) is 9.47 Å². The Bertz CT molecular complexity index is 1900. The van der Waals surface area contributed by atoms with Crippen LogP contribution in [-0.4, -0.2) is 26.9 Å². The number of ether oxygens (including phenoxy) is 3. The summed E-state index contributed by atoms with van der Waals surface area (Å²) < 4.78 is 15.1. The molecule has 0 amide bonds. The van der Waals surface area contributed by atoms with Gasteiger partial charge in [0.25, 0.3) is 0 Å². The Morgan fingerprint density at radius 3 is 0.667 bits per heavy atom. The number of methoxy groups -OCH3 is 1. The number of allylic oxidation sites excluding steroid dienone is 15. The van der Waals surface area contributed by atoms with Gasteiger partial charge < -0.3 is 14.2 Å². The SMILES string of the molecule is C.C=C.C=CC.C=CC.C=CC.C=CCC.C=CCC.C=CCC.C=CCC.C=CCC.C=CCC.C=CCC.C=CCC.C=CCC.C=CCC.C=CCC.C=CCOC.C=CCOCc1ccccc1.C=CCOc1ccccc1.C=CCc1ccccc1.C=Cc1ccccc1. The predicted molar refractivity (Wildman–Crippen MR) is 478 cm³/mol. The number of benzene rings is 4. The first-order chi connectivity index (χ1) is 47.4. The van der Waals surface area contributed by atoms with Gasteiger partial charge in [-0.3, -0.25) is 0 Å². The Labute approximate surface area is 623 Å². The average molecular weight is 1360 g/mol. The zero-order valence-electron chi connectivity index (χ0n) is 66.9. The Morgan fingerprint density at radius 2 is 0.495 bits per heavy atom. The lowest BCUT2D eigenvalue weighted by Crippen LogP contribution is -1.91. The standard InChI is InChI=1S/C10H12O.C9H10O.C9H10.C8H8.C4H8O.11C4H8.3C3H6.C2H4.CH4/c1-2-8-11-9-10-6-4-3-5-7-10;1-2-8-10-9-6-4-3-5-7-9;1-2-6-9-7-4-3-5-8-9;1-2-8-6-4-3-5-7-8;1-3-4-5-2;11*1-3-4-2;3*1-3-2;1-2;/h2-7H,1,8-9H2;2-7H,1,8H2;2-5,7-8H,1,6H2;2-7H,1H2;3H,1,4H2,2H3;11*3H,1,4H2,2H3;3*3H,1H2,2H3;1-2H2;1H4. The van der Waals surface area contributed by atoms with Gasteiger partial charge in [-0.1, -0.05) is 321 Å². The molecule has 0 saturated carbocycles. The summed E-state index contributed by atoms with van der Waals surface area (Å²) in [5.41, 5.74) is 3.70. The maximum Gasteiger partial charge on any atom is 0.119 e. The van der Waals surface area contributed by atoms with Gasteiger partial charge in [-0.15, -0.1) is 125 Å². The quantitative estimate of drug-likeness (QED) is 0.0547. The van der Waals surface area contributed by atoms with E-state index in [9.17, 15) is 0 Å². The smallest absolute Gasteiger partial charge is 0.119 e. The molecule has 0 aromatic heterocycles. The van der Waals surface area contributed by atoms with Crippen LogP contribution in [0.4, 0.5) is 0 Å². The highest BCUT2D eigenvalue weighted by Gasteiger charge is 1.88. The molecule has 3 heteroatoms. The van der Waals surface area contributed by atoms with E-state index in [1.165, 1.54) is 16.7 Å². The molecule has 99 heavy (non-hydrogen) atoms. The molecule has 0 saturated heterocycles. The summed E-state index contributed by atoms with van der Waals surface area (Å²) in [6.45, 7) is 103. The molecule has 4 rings (SSSR count). The van der Waals surface area contributed by atoms with E-state index in [0.717, 1.165) is 82.8 Å². The third-order valence-corrected chi connectivity index (χ3v) is 8.18. The van der Waals surface area contributed by atoms with Crippen molar-refractivity contribution in [3.63, 3.8) is 0 Å². The minimum atomic E-state index is 0. The van der Waals surface area contributed by atoms with Crippen molar-refractivity contribution >= 4 is 6.08 Å². The molecule has 0 atom stereocenters. The highest BCUT2D eigenvalue weighted by atomic mass is 16.5. The van der Waals surface area contributed by atoms with E-state index < -0.39 is 0 Å². The van der Waals surface area contributed by atoms with Gasteiger partial charge in [-0.25, -0.2) is 0 Å². The average Bonchev–Trinajstić information content (AvgIpc) is 3.21.